The van der Waals surface area contributed by atoms with Crippen LogP contribution in [0.3, 0.4) is 0 Å². The van der Waals surface area contributed by atoms with E-state index >= 15 is 0 Å². The Morgan fingerprint density at radius 2 is 2.05 bits per heavy atom. The van der Waals surface area contributed by atoms with Gasteiger partial charge in [-0.25, -0.2) is 0 Å². The van der Waals surface area contributed by atoms with Crippen molar-refractivity contribution in [2.24, 2.45) is 0 Å². The third kappa shape index (κ3) is 2.82. The lowest BCUT2D eigenvalue weighted by molar-refractivity contribution is 0.203. The minimum atomic E-state index is 0.421. The summed E-state index contributed by atoms with van der Waals surface area (Å²) in [5.74, 6) is 3.52. The summed E-state index contributed by atoms with van der Waals surface area (Å²) in [6, 6.07) is 8.19. The molecule has 6 nitrogen and oxygen atoms in total. The molecule has 1 aliphatic rings. The van der Waals surface area contributed by atoms with Gasteiger partial charge in [-0.3, -0.25) is 4.90 Å². The first-order valence-corrected chi connectivity index (χ1v) is 7.43. The fourth-order valence-corrected chi connectivity index (χ4v) is 2.52. The predicted octanol–water partition coefficient (Wildman–Crippen LogP) is 3.40. The van der Waals surface area contributed by atoms with Gasteiger partial charge in [-0.1, -0.05) is 0 Å². The summed E-state index contributed by atoms with van der Waals surface area (Å²) < 4.78 is 16.6. The van der Waals surface area contributed by atoms with E-state index in [-0.39, 0.29) is 0 Å². The fraction of sp³-hybridized carbons (Fsp3) is 0.375. The van der Waals surface area contributed by atoms with Crippen LogP contribution in [0.4, 0.5) is 0 Å². The van der Waals surface area contributed by atoms with Gasteiger partial charge < -0.3 is 13.3 Å². The summed E-state index contributed by atoms with van der Waals surface area (Å²) in [5.41, 5.74) is 0. The summed E-state index contributed by atoms with van der Waals surface area (Å²) in [6.07, 6.45) is 4.01. The molecule has 0 atom stereocenters. The van der Waals surface area contributed by atoms with E-state index in [1.165, 1.54) is 12.8 Å². The molecule has 4 rings (SSSR count). The van der Waals surface area contributed by atoms with Gasteiger partial charge >= 0.3 is 0 Å². The van der Waals surface area contributed by atoms with E-state index in [0.717, 1.165) is 18.1 Å². The molecule has 3 heterocycles. The van der Waals surface area contributed by atoms with Crippen molar-refractivity contribution in [1.29, 1.82) is 0 Å². The minimum Gasteiger partial charge on any atom is -0.465 e. The predicted molar refractivity (Wildman–Crippen MR) is 77.7 cm³/mol. The number of rotatable bonds is 6. The molecular weight excluding hydrogens is 282 g/mol. The Kier molecular flexibility index (Phi) is 3.31. The Hall–Kier alpha value is -2.34. The molecular formula is C16H17N3O3. The first-order chi connectivity index (χ1) is 10.8. The molecule has 114 valence electrons. The van der Waals surface area contributed by atoms with Crippen molar-refractivity contribution in [3.8, 4) is 11.7 Å². The molecule has 0 amide bonds. The van der Waals surface area contributed by atoms with E-state index in [9.17, 15) is 0 Å². The number of nitrogens with zero attached hydrogens (tertiary/aromatic N) is 3. The Bertz CT molecular complexity index is 740. The molecule has 0 unspecified atom stereocenters. The lowest BCUT2D eigenvalue weighted by atomic mass is 10.3. The first kappa shape index (κ1) is 13.3. The van der Waals surface area contributed by atoms with Crippen LogP contribution in [0, 0.1) is 6.92 Å². The van der Waals surface area contributed by atoms with Crippen LogP contribution < -0.4 is 0 Å². The second-order valence-corrected chi connectivity index (χ2v) is 5.63. The molecule has 0 bridgehead atoms. The van der Waals surface area contributed by atoms with Crippen LogP contribution in [0.1, 0.15) is 30.3 Å². The molecule has 0 aromatic carbocycles. The lowest BCUT2D eigenvalue weighted by Gasteiger charge is -2.18. The van der Waals surface area contributed by atoms with Gasteiger partial charge in [0.25, 0.3) is 5.89 Å². The zero-order chi connectivity index (χ0) is 14.9. The number of hydrogen-bond acceptors (Lipinski definition) is 6. The Balaban J connectivity index is 1.47. The summed E-state index contributed by atoms with van der Waals surface area (Å²) in [4.78, 5) is 2.32. The lowest BCUT2D eigenvalue weighted by Crippen LogP contribution is -2.25. The van der Waals surface area contributed by atoms with Crippen molar-refractivity contribution in [1.82, 2.24) is 15.1 Å². The van der Waals surface area contributed by atoms with E-state index in [0.29, 0.717) is 30.1 Å². The van der Waals surface area contributed by atoms with Crippen LogP contribution in [0.15, 0.2) is 43.8 Å². The first-order valence-electron chi connectivity index (χ1n) is 7.43. The van der Waals surface area contributed by atoms with Crippen molar-refractivity contribution >= 4 is 0 Å². The highest BCUT2D eigenvalue weighted by Gasteiger charge is 2.31. The van der Waals surface area contributed by atoms with Gasteiger partial charge in [0.05, 0.1) is 19.4 Å². The van der Waals surface area contributed by atoms with E-state index < -0.39 is 0 Å². The fourth-order valence-electron chi connectivity index (χ4n) is 2.52. The van der Waals surface area contributed by atoms with E-state index in [1.807, 2.05) is 25.1 Å². The second-order valence-electron chi connectivity index (χ2n) is 5.63. The van der Waals surface area contributed by atoms with Crippen molar-refractivity contribution in [2.45, 2.75) is 38.9 Å². The summed E-state index contributed by atoms with van der Waals surface area (Å²) in [7, 11) is 0. The van der Waals surface area contributed by atoms with Gasteiger partial charge in [-0.15, -0.1) is 10.2 Å². The summed E-state index contributed by atoms with van der Waals surface area (Å²) >= 11 is 0. The maximum atomic E-state index is 5.69. The van der Waals surface area contributed by atoms with Crippen LogP contribution in [0.2, 0.25) is 0 Å². The second kappa shape index (κ2) is 5.46. The van der Waals surface area contributed by atoms with E-state index in [2.05, 4.69) is 15.1 Å². The largest absolute Gasteiger partial charge is 0.465 e. The van der Waals surface area contributed by atoms with Gasteiger partial charge in [0.15, 0.2) is 5.76 Å². The zero-order valence-corrected chi connectivity index (χ0v) is 12.4. The number of hydrogen-bond donors (Lipinski definition) is 0. The molecule has 1 saturated carbocycles. The molecule has 0 N–H and O–H groups in total. The molecule has 6 heteroatoms. The zero-order valence-electron chi connectivity index (χ0n) is 12.4. The SMILES string of the molecule is Cc1ccc(CN(Cc2nnc(-c3ccco3)o2)C2CC2)o1. The van der Waals surface area contributed by atoms with Crippen LogP contribution in [-0.2, 0) is 13.1 Å². The highest BCUT2D eigenvalue weighted by Crippen LogP contribution is 2.30. The Morgan fingerprint density at radius 1 is 1.14 bits per heavy atom. The van der Waals surface area contributed by atoms with Crippen LogP contribution in [-0.4, -0.2) is 21.1 Å². The highest BCUT2D eigenvalue weighted by atomic mass is 16.4. The third-order valence-electron chi connectivity index (χ3n) is 3.76. The Labute approximate surface area is 127 Å². The molecule has 0 saturated heterocycles. The standard InChI is InChI=1S/C16H17N3O3/c1-11-4-7-13(21-11)9-19(12-5-6-12)10-15-17-18-16(22-15)14-3-2-8-20-14/h2-4,7-8,12H,5-6,9-10H2,1H3. The quantitative estimate of drug-likeness (QED) is 0.695. The normalized spacial score (nSPS) is 14.8. The van der Waals surface area contributed by atoms with Crippen molar-refractivity contribution in [2.75, 3.05) is 0 Å². The van der Waals surface area contributed by atoms with E-state index in [1.54, 1.807) is 12.3 Å². The molecule has 0 spiro atoms. The highest BCUT2D eigenvalue weighted by molar-refractivity contribution is 5.42. The van der Waals surface area contributed by atoms with Crippen LogP contribution in [0.25, 0.3) is 11.7 Å². The van der Waals surface area contributed by atoms with Crippen molar-refractivity contribution in [3.63, 3.8) is 0 Å². The van der Waals surface area contributed by atoms with Gasteiger partial charge in [-0.05, 0) is 44.0 Å². The van der Waals surface area contributed by atoms with Gasteiger partial charge in [0, 0.05) is 6.04 Å². The molecule has 22 heavy (non-hydrogen) atoms. The topological polar surface area (TPSA) is 68.4 Å². The molecule has 1 fully saturated rings. The minimum absolute atomic E-state index is 0.421. The Morgan fingerprint density at radius 3 is 2.73 bits per heavy atom. The monoisotopic (exact) mass is 299 g/mol. The van der Waals surface area contributed by atoms with Gasteiger partial charge in [0.2, 0.25) is 5.89 Å². The number of aromatic nitrogens is 2. The average molecular weight is 299 g/mol. The van der Waals surface area contributed by atoms with Crippen LogP contribution >= 0.6 is 0 Å². The summed E-state index contributed by atoms with van der Waals surface area (Å²) in [6.45, 7) is 3.34. The average Bonchev–Trinajstić information content (AvgIpc) is 2.93. The number of furan rings is 2. The van der Waals surface area contributed by atoms with Gasteiger partial charge in [0.1, 0.15) is 11.5 Å². The summed E-state index contributed by atoms with van der Waals surface area (Å²) in [5, 5.41) is 8.16. The van der Waals surface area contributed by atoms with Crippen molar-refractivity contribution in [3.05, 3.63) is 47.9 Å². The van der Waals surface area contributed by atoms with Crippen molar-refractivity contribution < 1.29 is 13.3 Å². The molecule has 3 aromatic rings. The smallest absolute Gasteiger partial charge is 0.283 e. The van der Waals surface area contributed by atoms with E-state index in [4.69, 9.17) is 13.3 Å². The van der Waals surface area contributed by atoms with Gasteiger partial charge in [-0.2, -0.15) is 0 Å². The molecule has 3 aromatic heterocycles. The molecule has 0 radical (unpaired) electrons. The number of aryl methyl sites for hydroxylation is 1. The molecule has 0 aliphatic heterocycles. The molecule has 1 aliphatic carbocycles. The van der Waals surface area contributed by atoms with Crippen LogP contribution in [0.5, 0.6) is 0 Å². The maximum Gasteiger partial charge on any atom is 0.283 e. The maximum absolute atomic E-state index is 5.69. The third-order valence-corrected chi connectivity index (χ3v) is 3.76.